The van der Waals surface area contributed by atoms with Gasteiger partial charge in [-0.2, -0.15) is 0 Å². The van der Waals surface area contributed by atoms with Crippen molar-refractivity contribution in [1.29, 1.82) is 0 Å². The van der Waals surface area contributed by atoms with Crippen molar-refractivity contribution in [3.63, 3.8) is 0 Å². The molecule has 0 aromatic heterocycles. The van der Waals surface area contributed by atoms with Crippen molar-refractivity contribution in [2.75, 3.05) is 0 Å². The summed E-state index contributed by atoms with van der Waals surface area (Å²) >= 11 is 0.389. The SMILES string of the molecule is CCCCCC(=O)O.CCC[CH2][Mg][CH2]CCC. The van der Waals surface area contributed by atoms with E-state index >= 15 is 0 Å². The van der Waals surface area contributed by atoms with Gasteiger partial charge in [0.05, 0.1) is 0 Å². The maximum atomic E-state index is 9.87. The van der Waals surface area contributed by atoms with Gasteiger partial charge >= 0.3 is 26.3 Å². The van der Waals surface area contributed by atoms with E-state index < -0.39 is 5.97 Å². The van der Waals surface area contributed by atoms with E-state index in [0.29, 0.717) is 26.8 Å². The third kappa shape index (κ3) is 26.1. The lowest BCUT2D eigenvalue weighted by molar-refractivity contribution is -0.137. The molecule has 0 heterocycles. The molecule has 0 rings (SSSR count). The molecule has 0 atom stereocenters. The van der Waals surface area contributed by atoms with Crippen LogP contribution in [0.25, 0.3) is 0 Å². The smallest absolute Gasteiger partial charge is 0.364 e. The van der Waals surface area contributed by atoms with Crippen LogP contribution in [-0.4, -0.2) is 31.4 Å². The van der Waals surface area contributed by atoms with Crippen molar-refractivity contribution in [3.8, 4) is 0 Å². The van der Waals surface area contributed by atoms with Crippen LogP contribution in [0.3, 0.4) is 0 Å². The molecule has 0 radical (unpaired) electrons. The average molecular weight is 255 g/mol. The maximum absolute atomic E-state index is 9.87. The van der Waals surface area contributed by atoms with Crippen LogP contribution in [0, 0.1) is 0 Å². The van der Waals surface area contributed by atoms with Crippen molar-refractivity contribution in [1.82, 2.24) is 0 Å². The van der Waals surface area contributed by atoms with E-state index in [9.17, 15) is 4.79 Å². The van der Waals surface area contributed by atoms with Gasteiger partial charge in [-0.25, -0.2) is 0 Å². The monoisotopic (exact) mass is 254 g/mol. The molecular weight excluding hydrogens is 224 g/mol. The van der Waals surface area contributed by atoms with Gasteiger partial charge in [-0.1, -0.05) is 59.3 Å². The lowest BCUT2D eigenvalue weighted by Gasteiger charge is -1.93. The minimum Gasteiger partial charge on any atom is -0.481 e. The molecule has 0 spiro atoms. The molecule has 17 heavy (non-hydrogen) atoms. The molecule has 0 aromatic rings. The summed E-state index contributed by atoms with van der Waals surface area (Å²) < 4.78 is 3.19. The summed E-state index contributed by atoms with van der Waals surface area (Å²) in [6, 6.07) is 0. The maximum Gasteiger partial charge on any atom is 0.364 e. The molecule has 100 valence electrons. The Kier molecular flexibility index (Phi) is 21.4. The first-order valence-corrected chi connectivity index (χ1v) is 9.40. The Morgan fingerprint density at radius 1 is 0.882 bits per heavy atom. The third-order valence-electron chi connectivity index (χ3n) is 2.70. The Morgan fingerprint density at radius 3 is 1.71 bits per heavy atom. The molecule has 0 aliphatic carbocycles. The zero-order valence-corrected chi connectivity index (χ0v) is 13.5. The highest BCUT2D eigenvalue weighted by atomic mass is 24.5. The van der Waals surface area contributed by atoms with Gasteiger partial charge in [0.25, 0.3) is 0 Å². The summed E-state index contributed by atoms with van der Waals surface area (Å²) in [6.07, 6.45) is 9.07. The third-order valence-corrected chi connectivity index (χ3v) is 4.70. The Bertz CT molecular complexity index is 143. The van der Waals surface area contributed by atoms with Crippen LogP contribution < -0.4 is 0 Å². The van der Waals surface area contributed by atoms with Crippen LogP contribution in [0.4, 0.5) is 0 Å². The number of hydrogen-bond donors (Lipinski definition) is 1. The second kappa shape index (κ2) is 18.6. The lowest BCUT2D eigenvalue weighted by atomic mass is 10.2. The van der Waals surface area contributed by atoms with Gasteiger partial charge in [-0.15, -0.1) is 9.10 Å². The van der Waals surface area contributed by atoms with Crippen molar-refractivity contribution in [2.24, 2.45) is 0 Å². The minimum atomic E-state index is -0.682. The fourth-order valence-corrected chi connectivity index (χ4v) is 3.62. The number of carboxylic acids is 1. The quantitative estimate of drug-likeness (QED) is 0.450. The van der Waals surface area contributed by atoms with E-state index in [4.69, 9.17) is 5.11 Å². The van der Waals surface area contributed by atoms with Crippen LogP contribution in [0.1, 0.15) is 72.1 Å². The molecule has 0 fully saturated rings. The van der Waals surface area contributed by atoms with Crippen LogP contribution in [0.15, 0.2) is 0 Å². The minimum absolute atomic E-state index is 0.327. The zero-order chi connectivity index (χ0) is 13.4. The highest BCUT2D eigenvalue weighted by Crippen LogP contribution is 2.00. The predicted molar refractivity (Wildman–Crippen MR) is 77.0 cm³/mol. The summed E-state index contributed by atoms with van der Waals surface area (Å²) in [5.74, 6) is -0.682. The van der Waals surface area contributed by atoms with Gasteiger partial charge < -0.3 is 5.11 Å². The lowest BCUT2D eigenvalue weighted by Crippen LogP contribution is -1.92. The van der Waals surface area contributed by atoms with Gasteiger partial charge in [0.1, 0.15) is 0 Å². The van der Waals surface area contributed by atoms with E-state index in [0.717, 1.165) is 19.3 Å². The fraction of sp³-hybridized carbons (Fsp3) is 0.929. The molecule has 0 unspecified atom stereocenters. The molecule has 0 aromatic carbocycles. The Morgan fingerprint density at radius 2 is 1.35 bits per heavy atom. The van der Waals surface area contributed by atoms with Crippen LogP contribution in [-0.2, 0) is 4.79 Å². The first kappa shape index (κ1) is 19.6. The zero-order valence-electron chi connectivity index (χ0n) is 12.1. The molecule has 2 nitrogen and oxygen atoms in total. The van der Waals surface area contributed by atoms with Crippen molar-refractivity contribution in [2.45, 2.75) is 81.2 Å². The molecule has 0 bridgehead atoms. The Balaban J connectivity index is 0. The van der Waals surface area contributed by atoms with Gasteiger partial charge in [0.2, 0.25) is 0 Å². The van der Waals surface area contributed by atoms with Crippen molar-refractivity contribution >= 4 is 26.3 Å². The molecule has 0 amide bonds. The molecule has 0 saturated carbocycles. The number of aliphatic carboxylic acids is 1. The van der Waals surface area contributed by atoms with Crippen molar-refractivity contribution in [3.05, 3.63) is 0 Å². The molecular formula is C14H30MgO2. The van der Waals surface area contributed by atoms with Gasteiger partial charge in [0, 0.05) is 6.42 Å². The largest absolute Gasteiger partial charge is 0.481 e. The second-order valence-corrected chi connectivity index (χ2v) is 6.74. The van der Waals surface area contributed by atoms with Crippen LogP contribution >= 0.6 is 0 Å². The molecule has 1 N–H and O–H groups in total. The molecule has 3 heteroatoms. The normalized spacial score (nSPS) is 9.12. The number of hydrogen-bond acceptors (Lipinski definition) is 1. The van der Waals surface area contributed by atoms with E-state index in [1.807, 2.05) is 0 Å². The van der Waals surface area contributed by atoms with Crippen LogP contribution in [0.5, 0.6) is 0 Å². The summed E-state index contributed by atoms with van der Waals surface area (Å²) in [5, 5.41) is 8.14. The number of unbranched alkanes of at least 4 members (excludes halogenated alkanes) is 4. The fourth-order valence-electron chi connectivity index (χ4n) is 1.56. The molecule has 0 aliphatic heterocycles. The second-order valence-electron chi connectivity index (χ2n) is 4.62. The van der Waals surface area contributed by atoms with E-state index in [1.165, 1.54) is 25.7 Å². The summed E-state index contributed by atoms with van der Waals surface area (Å²) in [5.41, 5.74) is 0. The van der Waals surface area contributed by atoms with Gasteiger partial charge in [-0.3, -0.25) is 4.79 Å². The standard InChI is InChI=1S/C6H12O2.2C4H9.Mg/c1-2-3-4-5-6(7)8;2*1-3-4-2;/h2-5H2,1H3,(H,7,8);2*1,3-4H2,2H3;. The first-order chi connectivity index (χ1) is 8.18. The van der Waals surface area contributed by atoms with Gasteiger partial charge in [0.15, 0.2) is 0 Å². The number of rotatable bonds is 10. The Hall–Kier alpha value is 0.236. The predicted octanol–water partition coefficient (Wildman–Crippen LogP) is 4.78. The summed E-state index contributed by atoms with van der Waals surface area (Å²) in [4.78, 5) is 9.87. The first-order valence-electron chi connectivity index (χ1n) is 7.40. The van der Waals surface area contributed by atoms with E-state index in [2.05, 4.69) is 20.8 Å². The highest BCUT2D eigenvalue weighted by molar-refractivity contribution is 6.35. The van der Waals surface area contributed by atoms with E-state index in [-0.39, 0.29) is 0 Å². The Labute approximate surface area is 117 Å². The molecule has 0 saturated heterocycles. The number of carbonyl (C=O) groups is 1. The van der Waals surface area contributed by atoms with Gasteiger partial charge in [-0.05, 0) is 6.42 Å². The topological polar surface area (TPSA) is 37.3 Å². The molecule has 0 aliphatic rings. The van der Waals surface area contributed by atoms with E-state index in [1.54, 1.807) is 9.10 Å². The highest BCUT2D eigenvalue weighted by Gasteiger charge is 1.93. The number of carboxylic acid groups (broad SMARTS) is 1. The van der Waals surface area contributed by atoms with Crippen molar-refractivity contribution < 1.29 is 9.90 Å². The summed E-state index contributed by atoms with van der Waals surface area (Å²) in [6.45, 7) is 6.63. The average Bonchev–Trinajstić information content (AvgIpc) is 2.30. The summed E-state index contributed by atoms with van der Waals surface area (Å²) in [7, 11) is 0. The van der Waals surface area contributed by atoms with Crippen LogP contribution in [0.2, 0.25) is 9.10 Å².